The molecule has 0 spiro atoms. The molecule has 23 heavy (non-hydrogen) atoms. The third kappa shape index (κ3) is 4.13. The van der Waals surface area contributed by atoms with Crippen LogP contribution in [0.15, 0.2) is 47.3 Å². The van der Waals surface area contributed by atoms with E-state index in [-0.39, 0.29) is 11.6 Å². The third-order valence-corrected chi connectivity index (χ3v) is 3.70. The van der Waals surface area contributed by atoms with Crippen molar-refractivity contribution in [2.75, 3.05) is 0 Å². The molecule has 0 saturated heterocycles. The van der Waals surface area contributed by atoms with Gasteiger partial charge in [-0.05, 0) is 54.9 Å². The Morgan fingerprint density at radius 2 is 1.87 bits per heavy atom. The number of nitrogens with zero attached hydrogens (tertiary/aromatic N) is 3. The van der Waals surface area contributed by atoms with Crippen molar-refractivity contribution in [1.82, 2.24) is 20.4 Å². The van der Waals surface area contributed by atoms with Gasteiger partial charge in [0.25, 0.3) is 11.8 Å². The number of hydrogen-bond acceptors (Lipinski definition) is 4. The van der Waals surface area contributed by atoms with Gasteiger partial charge in [0.15, 0.2) is 0 Å². The zero-order valence-corrected chi connectivity index (χ0v) is 14.7. The first kappa shape index (κ1) is 17.1. The monoisotopic (exact) mass is 376 g/mol. The first-order chi connectivity index (χ1) is 10.8. The molecule has 0 atom stereocenters. The third-order valence-electron chi connectivity index (χ3n) is 3.01. The summed E-state index contributed by atoms with van der Waals surface area (Å²) in [5.74, 6) is -0.782. The summed E-state index contributed by atoms with van der Waals surface area (Å²) in [6.07, 6.45) is 2.78. The Hall–Kier alpha value is -2.28. The van der Waals surface area contributed by atoms with Gasteiger partial charge < -0.3 is 0 Å². The lowest BCUT2D eigenvalue weighted by Gasteiger charge is -2.35. The molecule has 120 valence electrons. The zero-order chi connectivity index (χ0) is 17.0. The number of halogens is 1. The highest BCUT2D eigenvalue weighted by molar-refractivity contribution is 9.10. The number of aromatic nitrogens is 2. The van der Waals surface area contributed by atoms with E-state index in [4.69, 9.17) is 0 Å². The average Bonchev–Trinajstić information content (AvgIpc) is 2.52. The van der Waals surface area contributed by atoms with E-state index in [0.717, 1.165) is 0 Å². The number of rotatable bonds is 2. The maximum absolute atomic E-state index is 12.7. The van der Waals surface area contributed by atoms with Crippen LogP contribution in [0.5, 0.6) is 0 Å². The van der Waals surface area contributed by atoms with Gasteiger partial charge >= 0.3 is 0 Å². The van der Waals surface area contributed by atoms with E-state index in [1.165, 1.54) is 23.6 Å². The van der Waals surface area contributed by atoms with Gasteiger partial charge in [-0.15, -0.1) is 0 Å². The fraction of sp³-hybridized carbons (Fsp3) is 0.250. The Labute approximate surface area is 143 Å². The molecule has 6 nitrogen and oxygen atoms in total. The highest BCUT2D eigenvalue weighted by atomic mass is 79.9. The van der Waals surface area contributed by atoms with Gasteiger partial charge in [0.2, 0.25) is 0 Å². The molecule has 1 heterocycles. The Bertz CT molecular complexity index is 714. The summed E-state index contributed by atoms with van der Waals surface area (Å²) in [5, 5.41) is 1.27. The first-order valence-electron chi connectivity index (χ1n) is 6.97. The van der Waals surface area contributed by atoms with Crippen LogP contribution >= 0.6 is 15.9 Å². The molecule has 2 rings (SSSR count). The highest BCUT2D eigenvalue weighted by Crippen LogP contribution is 2.18. The van der Waals surface area contributed by atoms with Crippen molar-refractivity contribution >= 4 is 27.7 Å². The normalized spacial score (nSPS) is 11.0. The van der Waals surface area contributed by atoms with Crippen LogP contribution in [0.2, 0.25) is 0 Å². The Kier molecular flexibility index (Phi) is 5.10. The van der Waals surface area contributed by atoms with Crippen molar-refractivity contribution in [3.8, 4) is 0 Å². The van der Waals surface area contributed by atoms with Crippen LogP contribution in [0.25, 0.3) is 0 Å². The molecule has 1 aromatic carbocycles. The van der Waals surface area contributed by atoms with Crippen LogP contribution in [0, 0.1) is 0 Å². The number of carbonyl (C=O) groups is 2. The van der Waals surface area contributed by atoms with Gasteiger partial charge in [-0.2, -0.15) is 0 Å². The number of nitrogens with one attached hydrogen (secondary N) is 1. The van der Waals surface area contributed by atoms with Crippen LogP contribution in [-0.4, -0.2) is 32.3 Å². The lowest BCUT2D eigenvalue weighted by atomic mass is 10.1. The predicted octanol–water partition coefficient (Wildman–Crippen LogP) is 2.82. The molecule has 0 unspecified atom stereocenters. The molecule has 1 aromatic heterocycles. The van der Waals surface area contributed by atoms with Crippen LogP contribution in [-0.2, 0) is 0 Å². The van der Waals surface area contributed by atoms with Crippen LogP contribution in [0.4, 0.5) is 0 Å². The first-order valence-corrected chi connectivity index (χ1v) is 7.76. The second-order valence-corrected chi connectivity index (χ2v) is 6.68. The van der Waals surface area contributed by atoms with Crippen molar-refractivity contribution in [1.29, 1.82) is 0 Å². The van der Waals surface area contributed by atoms with Gasteiger partial charge in [0.1, 0.15) is 12.0 Å². The van der Waals surface area contributed by atoms with Gasteiger partial charge in [0, 0.05) is 10.7 Å². The molecule has 2 aromatic rings. The van der Waals surface area contributed by atoms with E-state index < -0.39 is 11.4 Å². The Balaban J connectivity index is 2.29. The second kappa shape index (κ2) is 6.87. The van der Waals surface area contributed by atoms with Gasteiger partial charge in [-0.25, -0.2) is 15.0 Å². The van der Waals surface area contributed by atoms with Gasteiger partial charge in [-0.3, -0.25) is 15.0 Å². The molecule has 0 saturated carbocycles. The summed E-state index contributed by atoms with van der Waals surface area (Å²) in [6, 6.07) is 8.52. The molecule has 7 heteroatoms. The minimum Gasteiger partial charge on any atom is -0.267 e. The topological polar surface area (TPSA) is 75.2 Å². The van der Waals surface area contributed by atoms with Crippen molar-refractivity contribution in [2.24, 2.45) is 0 Å². The van der Waals surface area contributed by atoms with Crippen molar-refractivity contribution in [3.63, 3.8) is 0 Å². The average molecular weight is 377 g/mol. The predicted molar refractivity (Wildman–Crippen MR) is 89.6 cm³/mol. The van der Waals surface area contributed by atoms with Crippen molar-refractivity contribution < 1.29 is 9.59 Å². The number of carbonyl (C=O) groups excluding carboxylic acids is 2. The molecule has 0 radical (unpaired) electrons. The highest BCUT2D eigenvalue weighted by Gasteiger charge is 2.30. The fourth-order valence-electron chi connectivity index (χ4n) is 1.86. The fourth-order valence-corrected chi connectivity index (χ4v) is 2.33. The number of hydrazine groups is 1. The van der Waals surface area contributed by atoms with Crippen LogP contribution < -0.4 is 5.43 Å². The summed E-state index contributed by atoms with van der Waals surface area (Å²) in [5.41, 5.74) is 2.69. The number of hydrogen-bond donors (Lipinski definition) is 1. The number of benzene rings is 1. The molecule has 1 N–H and O–H groups in total. The summed E-state index contributed by atoms with van der Waals surface area (Å²) in [7, 11) is 0. The van der Waals surface area contributed by atoms with Crippen molar-refractivity contribution in [2.45, 2.75) is 26.3 Å². The molecule has 0 bridgehead atoms. The lowest BCUT2D eigenvalue weighted by Crippen LogP contribution is -2.56. The summed E-state index contributed by atoms with van der Waals surface area (Å²) < 4.78 is 0.654. The van der Waals surface area contributed by atoms with Crippen LogP contribution in [0.1, 0.15) is 41.6 Å². The molecule has 0 fully saturated rings. The molecule has 0 aliphatic rings. The van der Waals surface area contributed by atoms with Crippen LogP contribution in [0.3, 0.4) is 0 Å². The smallest absolute Gasteiger partial charge is 0.267 e. The minimum absolute atomic E-state index is 0.211. The summed E-state index contributed by atoms with van der Waals surface area (Å²) >= 11 is 3.33. The number of amides is 2. The minimum atomic E-state index is -0.626. The zero-order valence-electron chi connectivity index (χ0n) is 13.1. The molecular formula is C16H17BrN4O2. The molecule has 0 aliphatic carbocycles. The maximum atomic E-state index is 12.7. The largest absolute Gasteiger partial charge is 0.291 e. The van der Waals surface area contributed by atoms with E-state index in [9.17, 15) is 9.59 Å². The Morgan fingerprint density at radius 3 is 2.43 bits per heavy atom. The van der Waals surface area contributed by atoms with E-state index in [2.05, 4.69) is 31.3 Å². The Morgan fingerprint density at radius 1 is 1.17 bits per heavy atom. The summed E-state index contributed by atoms with van der Waals surface area (Å²) in [6.45, 7) is 5.48. The van der Waals surface area contributed by atoms with Crippen molar-refractivity contribution in [3.05, 3.63) is 58.6 Å². The quantitative estimate of drug-likeness (QED) is 0.817. The molecule has 0 aliphatic heterocycles. The second-order valence-electron chi connectivity index (χ2n) is 5.83. The van der Waals surface area contributed by atoms with Gasteiger partial charge in [-0.1, -0.05) is 12.1 Å². The van der Waals surface area contributed by atoms with E-state index in [0.29, 0.717) is 10.0 Å². The SMILES string of the molecule is CC(C)(C)N(NC(=O)c1ccccc1Br)C(=O)c1ccncn1. The van der Waals surface area contributed by atoms with E-state index >= 15 is 0 Å². The summed E-state index contributed by atoms with van der Waals surface area (Å²) in [4.78, 5) is 32.9. The van der Waals surface area contributed by atoms with Gasteiger partial charge in [0.05, 0.1) is 11.1 Å². The molecular weight excluding hydrogens is 360 g/mol. The lowest BCUT2D eigenvalue weighted by molar-refractivity contribution is 0.0353. The maximum Gasteiger partial charge on any atom is 0.291 e. The molecule has 2 amide bonds. The standard InChI is InChI=1S/C16H17BrN4O2/c1-16(2,3)21(15(23)13-8-9-18-10-19-13)20-14(22)11-6-4-5-7-12(11)17/h4-10H,1-3H3,(H,20,22). The van der Waals surface area contributed by atoms with E-state index in [1.54, 1.807) is 18.2 Å². The van der Waals surface area contributed by atoms with E-state index in [1.807, 2.05) is 26.8 Å².